The molecule has 0 spiro atoms. The molecule has 158 valence electrons. The molecule has 6 nitrogen and oxygen atoms in total. The number of rotatable bonds is 10. The number of hydrogen-bond acceptors (Lipinski definition) is 4. The van der Waals surface area contributed by atoms with E-state index in [9.17, 15) is 9.59 Å². The van der Waals surface area contributed by atoms with Gasteiger partial charge in [-0.05, 0) is 63.1 Å². The van der Waals surface area contributed by atoms with E-state index in [2.05, 4.69) is 11.4 Å². The minimum absolute atomic E-state index is 0.122. The normalized spacial score (nSPS) is 10.2. The van der Waals surface area contributed by atoms with E-state index in [0.717, 1.165) is 0 Å². The number of ether oxygens (including phenoxy) is 1. The highest BCUT2D eigenvalue weighted by Crippen LogP contribution is 2.23. The molecule has 2 rings (SSSR count). The van der Waals surface area contributed by atoms with Crippen molar-refractivity contribution in [3.8, 4) is 11.8 Å². The summed E-state index contributed by atoms with van der Waals surface area (Å²) < 4.78 is 5.60. The first-order chi connectivity index (χ1) is 14.5. The maximum atomic E-state index is 12.4. The van der Waals surface area contributed by atoms with Gasteiger partial charge < -0.3 is 15.0 Å². The molecule has 0 saturated carbocycles. The second kappa shape index (κ2) is 11.8. The van der Waals surface area contributed by atoms with Crippen molar-refractivity contribution in [3.05, 3.63) is 58.6 Å². The lowest BCUT2D eigenvalue weighted by Gasteiger charge is -2.19. The zero-order valence-corrected chi connectivity index (χ0v) is 18.0. The fourth-order valence-corrected chi connectivity index (χ4v) is 3.17. The van der Waals surface area contributed by atoms with Crippen molar-refractivity contribution in [2.45, 2.75) is 33.1 Å². The summed E-state index contributed by atoms with van der Waals surface area (Å²) in [4.78, 5) is 26.3. The Morgan fingerprint density at radius 3 is 2.57 bits per heavy atom. The Balaban J connectivity index is 1.77. The third kappa shape index (κ3) is 6.78. The van der Waals surface area contributed by atoms with E-state index in [1.807, 2.05) is 13.8 Å². The molecule has 30 heavy (non-hydrogen) atoms. The first kappa shape index (κ1) is 23.2. The number of amides is 2. The average Bonchev–Trinajstić information content (AvgIpc) is 2.74. The number of hydrogen-bond donors (Lipinski definition) is 1. The predicted molar refractivity (Wildman–Crippen MR) is 118 cm³/mol. The van der Waals surface area contributed by atoms with Crippen LogP contribution in [0.5, 0.6) is 5.75 Å². The topological polar surface area (TPSA) is 82.4 Å². The molecule has 2 amide bonds. The van der Waals surface area contributed by atoms with Crippen molar-refractivity contribution >= 4 is 29.1 Å². The van der Waals surface area contributed by atoms with E-state index >= 15 is 0 Å². The number of nitriles is 1. The summed E-state index contributed by atoms with van der Waals surface area (Å²) in [6.45, 7) is 5.52. The van der Waals surface area contributed by atoms with Crippen LogP contribution in [0.15, 0.2) is 42.5 Å². The zero-order valence-electron chi connectivity index (χ0n) is 17.3. The van der Waals surface area contributed by atoms with Gasteiger partial charge in [-0.2, -0.15) is 5.26 Å². The van der Waals surface area contributed by atoms with Crippen LogP contribution in [-0.2, 0) is 4.79 Å². The lowest BCUT2D eigenvalue weighted by Crippen LogP contribution is -2.30. The molecule has 0 atom stereocenters. The maximum Gasteiger partial charge on any atom is 0.255 e. The molecular weight excluding hydrogens is 402 g/mol. The molecule has 7 heteroatoms. The molecule has 0 fully saturated rings. The highest BCUT2D eigenvalue weighted by molar-refractivity contribution is 6.34. The number of carbonyl (C=O) groups excluding carboxylic acids is 2. The molecule has 0 aromatic heterocycles. The summed E-state index contributed by atoms with van der Waals surface area (Å²) in [5, 5.41) is 12.0. The fraction of sp³-hybridized carbons (Fsp3) is 0.348. The first-order valence-corrected chi connectivity index (χ1v) is 10.4. The predicted octanol–water partition coefficient (Wildman–Crippen LogP) is 4.88. The lowest BCUT2D eigenvalue weighted by molar-refractivity contribution is -0.116. The highest BCUT2D eigenvalue weighted by atomic mass is 35.5. The van der Waals surface area contributed by atoms with Gasteiger partial charge in [-0.25, -0.2) is 0 Å². The Labute approximate surface area is 182 Å². The molecule has 0 unspecified atom stereocenters. The molecular formula is C23H26ClN3O3. The van der Waals surface area contributed by atoms with Crippen molar-refractivity contribution in [1.82, 2.24) is 4.90 Å². The van der Waals surface area contributed by atoms with Gasteiger partial charge in [0.15, 0.2) is 0 Å². The van der Waals surface area contributed by atoms with Crippen LogP contribution in [0.1, 0.15) is 49.0 Å². The van der Waals surface area contributed by atoms with Gasteiger partial charge in [0.1, 0.15) is 5.75 Å². The number of nitrogens with zero attached hydrogens (tertiary/aromatic N) is 2. The van der Waals surface area contributed by atoms with Gasteiger partial charge >= 0.3 is 0 Å². The molecule has 1 N–H and O–H groups in total. The van der Waals surface area contributed by atoms with Crippen LogP contribution in [-0.4, -0.2) is 36.4 Å². The van der Waals surface area contributed by atoms with Gasteiger partial charge in [0, 0.05) is 25.2 Å². The van der Waals surface area contributed by atoms with Gasteiger partial charge in [0.2, 0.25) is 5.91 Å². The summed E-state index contributed by atoms with van der Waals surface area (Å²) in [5.41, 5.74) is 1.54. The van der Waals surface area contributed by atoms with E-state index in [4.69, 9.17) is 21.6 Å². The quantitative estimate of drug-likeness (QED) is 0.547. The van der Waals surface area contributed by atoms with E-state index in [1.54, 1.807) is 47.4 Å². The third-order valence-corrected chi connectivity index (χ3v) is 4.88. The van der Waals surface area contributed by atoms with E-state index < -0.39 is 0 Å². The van der Waals surface area contributed by atoms with Gasteiger partial charge in [-0.1, -0.05) is 17.7 Å². The summed E-state index contributed by atoms with van der Waals surface area (Å²) >= 11 is 6.26. The Kier molecular flexibility index (Phi) is 9.17. The number of carbonyl (C=O) groups is 2. The molecule has 0 bridgehead atoms. The number of unbranched alkanes of at least 4 members (excludes halogenated alkanes) is 1. The van der Waals surface area contributed by atoms with Crippen LogP contribution in [0.25, 0.3) is 0 Å². The largest absolute Gasteiger partial charge is 0.494 e. The van der Waals surface area contributed by atoms with E-state index in [1.165, 1.54) is 0 Å². The number of benzene rings is 2. The summed E-state index contributed by atoms with van der Waals surface area (Å²) in [6.07, 6.45) is 1.72. The lowest BCUT2D eigenvalue weighted by atomic mass is 10.1. The van der Waals surface area contributed by atoms with Crippen molar-refractivity contribution in [1.29, 1.82) is 5.26 Å². The average molecular weight is 428 g/mol. The highest BCUT2D eigenvalue weighted by Gasteiger charge is 2.16. The molecule has 0 aliphatic carbocycles. The Morgan fingerprint density at radius 2 is 1.90 bits per heavy atom. The zero-order chi connectivity index (χ0) is 21.9. The van der Waals surface area contributed by atoms with Crippen molar-refractivity contribution in [3.63, 3.8) is 0 Å². The Morgan fingerprint density at radius 1 is 1.13 bits per heavy atom. The first-order valence-electron chi connectivity index (χ1n) is 10.00. The second-order valence-corrected chi connectivity index (χ2v) is 7.07. The van der Waals surface area contributed by atoms with Crippen molar-refractivity contribution in [2.24, 2.45) is 0 Å². The Bertz CT molecular complexity index is 920. The summed E-state index contributed by atoms with van der Waals surface area (Å²) in [7, 11) is 0. The third-order valence-electron chi connectivity index (χ3n) is 4.56. The van der Waals surface area contributed by atoms with Gasteiger partial charge in [0.25, 0.3) is 5.91 Å². The van der Waals surface area contributed by atoms with Crippen LogP contribution in [0.4, 0.5) is 5.69 Å². The molecule has 2 aromatic rings. The van der Waals surface area contributed by atoms with Crippen LogP contribution < -0.4 is 10.1 Å². The SMILES string of the molecule is CCN(CC)C(=O)c1ccc(NC(=O)CCCCOc2cccc(C#N)c2)cc1Cl. The number of halogens is 1. The minimum Gasteiger partial charge on any atom is -0.494 e. The Hall–Kier alpha value is -3.04. The maximum absolute atomic E-state index is 12.4. The molecule has 0 aliphatic rings. The van der Waals surface area contributed by atoms with Crippen LogP contribution >= 0.6 is 11.6 Å². The monoisotopic (exact) mass is 427 g/mol. The molecule has 0 radical (unpaired) electrons. The second-order valence-electron chi connectivity index (χ2n) is 6.67. The van der Waals surface area contributed by atoms with Crippen LogP contribution in [0, 0.1) is 11.3 Å². The van der Waals surface area contributed by atoms with E-state index in [0.29, 0.717) is 66.5 Å². The standard InChI is InChI=1S/C23H26ClN3O3/c1-3-27(4-2)23(29)20-12-11-18(15-21(20)24)26-22(28)10-5-6-13-30-19-9-7-8-17(14-19)16-25/h7-9,11-12,14-15H,3-6,10,13H2,1-2H3,(H,26,28). The number of anilines is 1. The molecule has 0 heterocycles. The minimum atomic E-state index is -0.125. The smallest absolute Gasteiger partial charge is 0.255 e. The van der Waals surface area contributed by atoms with Crippen molar-refractivity contribution in [2.75, 3.05) is 25.0 Å². The van der Waals surface area contributed by atoms with Crippen molar-refractivity contribution < 1.29 is 14.3 Å². The molecule has 0 aliphatic heterocycles. The van der Waals surface area contributed by atoms with Gasteiger partial charge in [-0.3, -0.25) is 9.59 Å². The summed E-state index contributed by atoms with van der Waals surface area (Å²) in [6, 6.07) is 14.0. The van der Waals surface area contributed by atoms with Gasteiger partial charge in [-0.15, -0.1) is 0 Å². The molecule has 0 saturated heterocycles. The number of nitrogens with one attached hydrogen (secondary N) is 1. The fourth-order valence-electron chi connectivity index (χ4n) is 2.90. The summed E-state index contributed by atoms with van der Waals surface area (Å²) in [5.74, 6) is 0.399. The molecule has 2 aromatic carbocycles. The van der Waals surface area contributed by atoms with Gasteiger partial charge in [0.05, 0.1) is 28.8 Å². The van der Waals surface area contributed by atoms with Crippen LogP contribution in [0.2, 0.25) is 5.02 Å². The van der Waals surface area contributed by atoms with E-state index in [-0.39, 0.29) is 11.8 Å². The van der Waals surface area contributed by atoms with Crippen LogP contribution in [0.3, 0.4) is 0 Å².